The van der Waals surface area contributed by atoms with Gasteiger partial charge in [-0.2, -0.15) is 0 Å². The zero-order valence-corrected chi connectivity index (χ0v) is 24.6. The predicted octanol–water partition coefficient (Wildman–Crippen LogP) is 5.83. The molecule has 8 rings (SSSR count). The fourth-order valence-corrected chi connectivity index (χ4v) is 7.39. The van der Waals surface area contributed by atoms with Gasteiger partial charge >= 0.3 is 0 Å². The second kappa shape index (κ2) is 9.79. The number of piperidine rings is 1. The van der Waals surface area contributed by atoms with E-state index in [1.54, 1.807) is 19.2 Å². The van der Waals surface area contributed by atoms with Gasteiger partial charge in [0.1, 0.15) is 11.3 Å². The Morgan fingerprint density at radius 3 is 2.61 bits per heavy atom. The van der Waals surface area contributed by atoms with Crippen molar-refractivity contribution in [3.63, 3.8) is 0 Å². The number of aryl methyl sites for hydroxylation is 1. The van der Waals surface area contributed by atoms with E-state index in [9.17, 15) is 18.7 Å². The van der Waals surface area contributed by atoms with Crippen LogP contribution in [0.5, 0.6) is 11.5 Å². The van der Waals surface area contributed by atoms with Gasteiger partial charge in [-0.25, -0.2) is 13.8 Å². The third-order valence-electron chi connectivity index (χ3n) is 9.96. The number of phenolic OH excluding ortho intramolecular Hbond substituents is 1. The summed E-state index contributed by atoms with van der Waals surface area (Å²) in [6, 6.07) is 13.8. The highest BCUT2D eigenvalue weighted by molar-refractivity contribution is 6.00. The minimum atomic E-state index is -0.995. The molecule has 2 bridgehead atoms. The molecule has 226 valence electrons. The first-order chi connectivity index (χ1) is 21.2. The molecular weight excluding hydrogens is 564 g/mol. The van der Waals surface area contributed by atoms with Crippen LogP contribution in [0, 0.1) is 23.5 Å². The summed E-state index contributed by atoms with van der Waals surface area (Å²) in [6.45, 7) is 1.45. The Labute approximate surface area is 252 Å². The van der Waals surface area contributed by atoms with E-state index in [0.29, 0.717) is 46.6 Å². The molecular formula is C34H33F2N5O3. The van der Waals surface area contributed by atoms with Gasteiger partial charge in [-0.3, -0.25) is 4.79 Å². The Bertz CT molecular complexity index is 1990. The summed E-state index contributed by atoms with van der Waals surface area (Å²) in [5, 5.41) is 10.8. The van der Waals surface area contributed by atoms with Crippen LogP contribution in [0.1, 0.15) is 36.0 Å². The largest absolute Gasteiger partial charge is 0.503 e. The normalized spacial score (nSPS) is 21.2. The number of nitrogens with two attached hydrogens (primary N) is 1. The number of fused-ring (bicyclic) bond motifs is 4. The number of benzene rings is 3. The first kappa shape index (κ1) is 27.1. The predicted molar refractivity (Wildman–Crippen MR) is 163 cm³/mol. The van der Waals surface area contributed by atoms with Crippen molar-refractivity contribution < 1.29 is 23.4 Å². The van der Waals surface area contributed by atoms with E-state index in [-0.39, 0.29) is 23.6 Å². The molecule has 3 heterocycles. The van der Waals surface area contributed by atoms with E-state index in [1.807, 2.05) is 34.7 Å². The second-order valence-corrected chi connectivity index (χ2v) is 12.6. The average Bonchev–Trinajstić information content (AvgIpc) is 3.43. The highest BCUT2D eigenvalue weighted by atomic mass is 19.1. The lowest BCUT2D eigenvalue weighted by molar-refractivity contribution is 0.0700. The molecule has 0 radical (unpaired) electrons. The van der Waals surface area contributed by atoms with E-state index in [4.69, 9.17) is 15.5 Å². The van der Waals surface area contributed by atoms with Crippen LogP contribution in [0.25, 0.3) is 44.6 Å². The zero-order chi connectivity index (χ0) is 30.4. The van der Waals surface area contributed by atoms with Crippen LogP contribution in [0.3, 0.4) is 0 Å². The van der Waals surface area contributed by atoms with E-state index >= 15 is 0 Å². The number of likely N-dealkylation sites (tertiary alicyclic amines) is 1. The smallest absolute Gasteiger partial charge is 0.254 e. The van der Waals surface area contributed by atoms with Crippen molar-refractivity contribution in [2.24, 2.45) is 24.6 Å². The maximum atomic E-state index is 14.9. The molecule has 3 N–H and O–H groups in total. The summed E-state index contributed by atoms with van der Waals surface area (Å²) in [4.78, 5) is 20.7. The van der Waals surface area contributed by atoms with Gasteiger partial charge in [0.15, 0.2) is 23.2 Å². The standard InChI is InChI=1S/C34H33F2N5O3/c1-39-31-24(11-21(14-28(31)44-2)34(43)41-16-20-7-10-25(41)30(20)37)38-33(39)27-13-19-6-5-18(12-26(19)40(27)15-17-3-4-17)22-8-9-23(35)32(42)29(22)36/h5-6,8-9,11-14,17,20,25,30,42H,3-4,7,10,15-16,37H2,1-2H3. The number of ether oxygens (including phenoxy) is 1. The molecule has 8 nitrogen and oxygen atoms in total. The zero-order valence-electron chi connectivity index (χ0n) is 24.6. The number of hydrogen-bond donors (Lipinski definition) is 2. The molecule has 3 atom stereocenters. The number of nitrogens with zero attached hydrogens (tertiary/aromatic N) is 4. The highest BCUT2D eigenvalue weighted by Crippen LogP contribution is 2.41. The first-order valence-electron chi connectivity index (χ1n) is 15.2. The summed E-state index contributed by atoms with van der Waals surface area (Å²) in [7, 11) is 3.54. The van der Waals surface area contributed by atoms with Gasteiger partial charge in [0.2, 0.25) is 0 Å². The third-order valence-corrected chi connectivity index (χ3v) is 9.96. The number of rotatable bonds is 6. The molecule has 10 heteroatoms. The maximum absolute atomic E-state index is 14.9. The van der Waals surface area contributed by atoms with Gasteiger partial charge in [-0.15, -0.1) is 0 Å². The van der Waals surface area contributed by atoms with Crippen LogP contribution < -0.4 is 10.5 Å². The molecule has 1 saturated heterocycles. The molecule has 2 saturated carbocycles. The number of carbonyl (C=O) groups is 1. The summed E-state index contributed by atoms with van der Waals surface area (Å²) >= 11 is 0. The molecule has 44 heavy (non-hydrogen) atoms. The third kappa shape index (κ3) is 4.03. The molecule has 1 aliphatic heterocycles. The number of amides is 1. The highest BCUT2D eigenvalue weighted by Gasteiger charge is 2.47. The number of methoxy groups -OCH3 is 1. The Morgan fingerprint density at radius 2 is 1.91 bits per heavy atom. The molecule has 3 aliphatic rings. The molecule has 3 fully saturated rings. The molecule has 0 spiro atoms. The van der Waals surface area contributed by atoms with Crippen molar-refractivity contribution in [3.05, 3.63) is 65.7 Å². The van der Waals surface area contributed by atoms with Gasteiger partial charge in [0.25, 0.3) is 5.91 Å². The van der Waals surface area contributed by atoms with Gasteiger partial charge < -0.3 is 29.6 Å². The minimum Gasteiger partial charge on any atom is -0.503 e. The Kier molecular flexibility index (Phi) is 6.03. The summed E-state index contributed by atoms with van der Waals surface area (Å²) in [5.41, 5.74) is 10.8. The van der Waals surface area contributed by atoms with Gasteiger partial charge in [0, 0.05) is 54.3 Å². The molecule has 2 aliphatic carbocycles. The second-order valence-electron chi connectivity index (χ2n) is 12.6. The maximum Gasteiger partial charge on any atom is 0.254 e. The quantitative estimate of drug-likeness (QED) is 0.257. The fourth-order valence-electron chi connectivity index (χ4n) is 7.39. The van der Waals surface area contributed by atoms with E-state index in [0.717, 1.165) is 60.4 Å². The van der Waals surface area contributed by atoms with Crippen molar-refractivity contribution in [1.29, 1.82) is 0 Å². The molecule has 2 aromatic heterocycles. The van der Waals surface area contributed by atoms with Crippen LogP contribution in [-0.2, 0) is 13.6 Å². The van der Waals surface area contributed by atoms with Crippen LogP contribution in [0.4, 0.5) is 8.78 Å². The molecule has 3 unspecified atom stereocenters. The summed E-state index contributed by atoms with van der Waals surface area (Å²) in [6.07, 6.45) is 4.26. The number of halogens is 2. The van der Waals surface area contributed by atoms with Crippen molar-refractivity contribution in [3.8, 4) is 34.1 Å². The first-order valence-corrected chi connectivity index (χ1v) is 15.2. The lowest BCUT2D eigenvalue weighted by atomic mass is 10.0. The lowest BCUT2D eigenvalue weighted by Crippen LogP contribution is -2.41. The van der Waals surface area contributed by atoms with Crippen molar-refractivity contribution in [2.75, 3.05) is 13.7 Å². The number of aromatic nitrogens is 3. The Hall–Kier alpha value is -4.44. The minimum absolute atomic E-state index is 0.0326. The number of imidazole rings is 1. The van der Waals surface area contributed by atoms with Gasteiger partial charge in [-0.1, -0.05) is 12.1 Å². The summed E-state index contributed by atoms with van der Waals surface area (Å²) < 4.78 is 38.7. The van der Waals surface area contributed by atoms with Gasteiger partial charge in [-0.05, 0) is 79.5 Å². The Balaban J connectivity index is 1.25. The SMILES string of the molecule is COc1cc(C(=O)N2CC3CCC2C3N)cc2nc(-c3cc4ccc(-c5ccc(F)c(O)c5F)cc4n3CC3CC3)n(C)c12. The van der Waals surface area contributed by atoms with Crippen LogP contribution in [0.15, 0.2) is 48.5 Å². The van der Waals surface area contributed by atoms with E-state index in [2.05, 4.69) is 10.6 Å². The molecule has 5 aromatic rings. The van der Waals surface area contributed by atoms with Crippen molar-refractivity contribution in [2.45, 2.75) is 44.3 Å². The molecule has 3 aromatic carbocycles. The van der Waals surface area contributed by atoms with Crippen LogP contribution >= 0.6 is 0 Å². The molecule has 1 amide bonds. The number of carbonyl (C=O) groups excluding carboxylic acids is 1. The number of phenols is 1. The van der Waals surface area contributed by atoms with Gasteiger partial charge in [0.05, 0.1) is 18.3 Å². The monoisotopic (exact) mass is 597 g/mol. The van der Waals surface area contributed by atoms with Crippen LogP contribution in [0.2, 0.25) is 0 Å². The number of aromatic hydroxyl groups is 1. The van der Waals surface area contributed by atoms with Crippen molar-refractivity contribution >= 4 is 27.8 Å². The van der Waals surface area contributed by atoms with Crippen LogP contribution in [-0.4, -0.2) is 55.8 Å². The van der Waals surface area contributed by atoms with E-state index in [1.165, 1.54) is 6.07 Å². The number of hydrogen-bond acceptors (Lipinski definition) is 5. The summed E-state index contributed by atoms with van der Waals surface area (Å²) in [5.74, 6) is -0.844. The van der Waals surface area contributed by atoms with Crippen molar-refractivity contribution in [1.82, 2.24) is 19.0 Å². The topological polar surface area (TPSA) is 98.5 Å². The lowest BCUT2D eigenvalue weighted by Gasteiger charge is -2.27. The fraction of sp³-hybridized carbons (Fsp3) is 0.353. The van der Waals surface area contributed by atoms with E-state index < -0.39 is 17.4 Å². The Morgan fingerprint density at radius 1 is 1.09 bits per heavy atom. The average molecular weight is 598 g/mol.